The number of carbonyl (C=O) groups is 2. The van der Waals surface area contributed by atoms with Crippen LogP contribution in [0.2, 0.25) is 5.15 Å². The molecule has 2 heterocycles. The minimum Gasteiger partial charge on any atom is -0.326 e. The minimum absolute atomic E-state index is 0.0740. The lowest BCUT2D eigenvalue weighted by atomic mass is 10.0. The molecule has 1 aliphatic heterocycles. The van der Waals surface area contributed by atoms with Gasteiger partial charge in [0.1, 0.15) is 11.0 Å². The van der Waals surface area contributed by atoms with Gasteiger partial charge in [-0.3, -0.25) is 9.59 Å². The fourth-order valence-corrected chi connectivity index (χ4v) is 2.80. The van der Waals surface area contributed by atoms with Crippen LogP contribution in [0.4, 0.5) is 15.8 Å². The molecule has 1 aromatic heterocycles. The van der Waals surface area contributed by atoms with Gasteiger partial charge in [-0.1, -0.05) is 18.5 Å². The van der Waals surface area contributed by atoms with E-state index in [0.717, 1.165) is 11.1 Å². The molecule has 0 radical (unpaired) electrons. The first kappa shape index (κ1) is 16.4. The Morgan fingerprint density at radius 1 is 1.38 bits per heavy atom. The highest BCUT2D eigenvalue weighted by molar-refractivity contribution is 6.29. The van der Waals surface area contributed by atoms with Crippen molar-refractivity contribution in [2.24, 2.45) is 0 Å². The van der Waals surface area contributed by atoms with Crippen molar-refractivity contribution in [3.8, 4) is 0 Å². The summed E-state index contributed by atoms with van der Waals surface area (Å²) in [7, 11) is 0. The first-order chi connectivity index (χ1) is 11.5. The monoisotopic (exact) mass is 347 g/mol. The van der Waals surface area contributed by atoms with Gasteiger partial charge in [-0.2, -0.15) is 0 Å². The van der Waals surface area contributed by atoms with Gasteiger partial charge < -0.3 is 10.6 Å². The summed E-state index contributed by atoms with van der Waals surface area (Å²) in [6, 6.07) is 4.24. The average Bonchev–Trinajstić information content (AvgIpc) is 2.55. The predicted molar refractivity (Wildman–Crippen MR) is 89.9 cm³/mol. The first-order valence-electron chi connectivity index (χ1n) is 7.56. The third-order valence-electron chi connectivity index (χ3n) is 3.92. The summed E-state index contributed by atoms with van der Waals surface area (Å²) in [6.07, 6.45) is 2.99. The minimum atomic E-state index is -0.609. The van der Waals surface area contributed by atoms with E-state index in [-0.39, 0.29) is 16.7 Å². The predicted octanol–water partition coefficient (Wildman–Crippen LogP) is 3.57. The van der Waals surface area contributed by atoms with E-state index in [1.54, 1.807) is 6.07 Å². The first-order valence-corrected chi connectivity index (χ1v) is 7.93. The SMILES string of the molecule is CCc1cnc(Cl)cc1C(=O)Nc1cc2c(cc1F)NC(=O)CC2. The Bertz CT molecular complexity index is 839. The number of nitrogens with zero attached hydrogens (tertiary/aromatic N) is 1. The van der Waals surface area contributed by atoms with Gasteiger partial charge in [0.05, 0.1) is 5.69 Å². The van der Waals surface area contributed by atoms with Gasteiger partial charge in [-0.25, -0.2) is 9.37 Å². The molecule has 0 spiro atoms. The van der Waals surface area contributed by atoms with E-state index in [1.165, 1.54) is 18.3 Å². The number of aromatic nitrogens is 1. The lowest BCUT2D eigenvalue weighted by Gasteiger charge is -2.18. The Hall–Kier alpha value is -2.47. The molecule has 1 aromatic carbocycles. The molecule has 0 atom stereocenters. The van der Waals surface area contributed by atoms with Crippen molar-refractivity contribution in [1.29, 1.82) is 0 Å². The zero-order valence-electron chi connectivity index (χ0n) is 13.0. The number of hydrogen-bond donors (Lipinski definition) is 2. The third kappa shape index (κ3) is 3.23. The number of nitrogens with one attached hydrogen (secondary N) is 2. The number of aryl methyl sites for hydroxylation is 2. The lowest BCUT2D eigenvalue weighted by molar-refractivity contribution is -0.116. The topological polar surface area (TPSA) is 71.1 Å². The number of pyridine rings is 1. The van der Waals surface area contributed by atoms with Crippen molar-refractivity contribution >= 4 is 34.8 Å². The average molecular weight is 348 g/mol. The van der Waals surface area contributed by atoms with E-state index in [4.69, 9.17) is 11.6 Å². The van der Waals surface area contributed by atoms with Gasteiger partial charge in [-0.05, 0) is 42.2 Å². The molecule has 1 aliphatic rings. The Morgan fingerprint density at radius 2 is 2.17 bits per heavy atom. The van der Waals surface area contributed by atoms with Gasteiger partial charge >= 0.3 is 0 Å². The smallest absolute Gasteiger partial charge is 0.256 e. The second kappa shape index (κ2) is 6.57. The molecule has 2 amide bonds. The quantitative estimate of drug-likeness (QED) is 0.834. The Kier molecular flexibility index (Phi) is 4.49. The summed E-state index contributed by atoms with van der Waals surface area (Å²) in [4.78, 5) is 27.8. The fourth-order valence-electron chi connectivity index (χ4n) is 2.64. The molecule has 0 saturated carbocycles. The van der Waals surface area contributed by atoms with E-state index >= 15 is 0 Å². The van der Waals surface area contributed by atoms with Gasteiger partial charge in [0.15, 0.2) is 0 Å². The third-order valence-corrected chi connectivity index (χ3v) is 4.12. The number of rotatable bonds is 3. The standard InChI is InChI=1S/C17H15ClFN3O2/c1-2-9-8-20-15(18)6-11(9)17(24)22-14-5-10-3-4-16(23)21-13(10)7-12(14)19/h5-8H,2-4H2,1H3,(H,21,23)(H,22,24). The van der Waals surface area contributed by atoms with Crippen LogP contribution >= 0.6 is 11.6 Å². The maximum Gasteiger partial charge on any atom is 0.256 e. The number of fused-ring (bicyclic) bond motifs is 1. The molecule has 0 unspecified atom stereocenters. The summed E-state index contributed by atoms with van der Waals surface area (Å²) in [5.41, 5.74) is 2.40. The molecule has 5 nitrogen and oxygen atoms in total. The number of hydrogen-bond acceptors (Lipinski definition) is 3. The second-order valence-corrected chi connectivity index (χ2v) is 5.90. The molecule has 2 aromatic rings. The van der Waals surface area contributed by atoms with Crippen molar-refractivity contribution in [3.63, 3.8) is 0 Å². The number of benzene rings is 1. The van der Waals surface area contributed by atoms with Crippen molar-refractivity contribution in [2.75, 3.05) is 10.6 Å². The van der Waals surface area contributed by atoms with Crippen LogP contribution in [0.3, 0.4) is 0 Å². The van der Waals surface area contributed by atoms with Gasteiger partial charge in [-0.15, -0.1) is 0 Å². The fraction of sp³-hybridized carbons (Fsp3) is 0.235. The van der Waals surface area contributed by atoms with Crippen LogP contribution in [-0.2, 0) is 17.6 Å². The zero-order chi connectivity index (χ0) is 17.3. The van der Waals surface area contributed by atoms with Crippen molar-refractivity contribution in [3.05, 3.63) is 52.1 Å². The second-order valence-electron chi connectivity index (χ2n) is 5.51. The van der Waals surface area contributed by atoms with E-state index in [9.17, 15) is 14.0 Å². The molecule has 2 N–H and O–H groups in total. The highest BCUT2D eigenvalue weighted by atomic mass is 35.5. The van der Waals surface area contributed by atoms with Crippen LogP contribution in [0, 0.1) is 5.82 Å². The van der Waals surface area contributed by atoms with Crippen molar-refractivity contribution < 1.29 is 14.0 Å². The van der Waals surface area contributed by atoms with E-state index in [1.807, 2.05) is 6.92 Å². The summed E-state index contributed by atoms with van der Waals surface area (Å²) < 4.78 is 14.2. The van der Waals surface area contributed by atoms with Gasteiger partial charge in [0.2, 0.25) is 5.91 Å². The van der Waals surface area contributed by atoms with Crippen molar-refractivity contribution in [2.45, 2.75) is 26.2 Å². The van der Waals surface area contributed by atoms with Crippen LogP contribution in [0.15, 0.2) is 24.4 Å². The van der Waals surface area contributed by atoms with E-state index in [0.29, 0.717) is 30.5 Å². The summed E-state index contributed by atoms with van der Waals surface area (Å²) in [5.74, 6) is -1.20. The molecular weight excluding hydrogens is 333 g/mol. The highest BCUT2D eigenvalue weighted by Gasteiger charge is 2.19. The summed E-state index contributed by atoms with van der Waals surface area (Å²) in [5, 5.41) is 5.40. The van der Waals surface area contributed by atoms with Crippen LogP contribution in [0.25, 0.3) is 0 Å². The number of anilines is 2. The molecule has 124 valence electrons. The molecule has 3 rings (SSSR count). The normalized spacial score (nSPS) is 13.2. The van der Waals surface area contributed by atoms with Crippen LogP contribution in [0.5, 0.6) is 0 Å². The molecule has 0 aliphatic carbocycles. The number of amides is 2. The van der Waals surface area contributed by atoms with Crippen molar-refractivity contribution in [1.82, 2.24) is 4.98 Å². The number of carbonyl (C=O) groups excluding carboxylic acids is 2. The van der Waals surface area contributed by atoms with Gasteiger partial charge in [0, 0.05) is 23.9 Å². The summed E-state index contributed by atoms with van der Waals surface area (Å²) >= 11 is 5.86. The molecule has 0 saturated heterocycles. The highest BCUT2D eigenvalue weighted by Crippen LogP contribution is 2.29. The Labute approximate surface area is 143 Å². The molecule has 0 bridgehead atoms. The largest absolute Gasteiger partial charge is 0.326 e. The van der Waals surface area contributed by atoms with Crippen LogP contribution in [0.1, 0.15) is 34.8 Å². The van der Waals surface area contributed by atoms with Crippen LogP contribution in [-0.4, -0.2) is 16.8 Å². The summed E-state index contributed by atoms with van der Waals surface area (Å²) in [6.45, 7) is 1.89. The molecule has 7 heteroatoms. The van der Waals surface area contributed by atoms with E-state index in [2.05, 4.69) is 15.6 Å². The Morgan fingerprint density at radius 3 is 2.92 bits per heavy atom. The lowest BCUT2D eigenvalue weighted by Crippen LogP contribution is -2.20. The number of halogens is 2. The molecular formula is C17H15ClFN3O2. The molecule has 0 fully saturated rings. The van der Waals surface area contributed by atoms with E-state index < -0.39 is 11.7 Å². The maximum atomic E-state index is 14.2. The van der Waals surface area contributed by atoms with Gasteiger partial charge in [0.25, 0.3) is 5.91 Å². The van der Waals surface area contributed by atoms with Crippen LogP contribution < -0.4 is 10.6 Å². The molecule has 24 heavy (non-hydrogen) atoms. The maximum absolute atomic E-state index is 14.2. The zero-order valence-corrected chi connectivity index (χ0v) is 13.7. The Balaban J connectivity index is 1.90.